The van der Waals surface area contributed by atoms with Gasteiger partial charge in [0.15, 0.2) is 0 Å². The number of nitrogens with zero attached hydrogens (tertiary/aromatic N) is 1. The van der Waals surface area contributed by atoms with E-state index in [0.717, 1.165) is 17.1 Å². The van der Waals surface area contributed by atoms with Gasteiger partial charge in [0, 0.05) is 17.9 Å². The predicted octanol–water partition coefficient (Wildman–Crippen LogP) is 4.03. The van der Waals surface area contributed by atoms with Crippen molar-refractivity contribution in [1.82, 2.24) is 4.90 Å². The average Bonchev–Trinajstić information content (AvgIpc) is 3.06. The number of hydrogen-bond donors (Lipinski definition) is 0. The van der Waals surface area contributed by atoms with E-state index in [-0.39, 0.29) is 17.1 Å². The lowest BCUT2D eigenvalue weighted by Crippen LogP contribution is -2.30. The smallest absolute Gasteiger partial charge is 0.255 e. The van der Waals surface area contributed by atoms with Crippen molar-refractivity contribution in [2.75, 3.05) is 19.4 Å². The molecule has 120 valence electrons. The van der Waals surface area contributed by atoms with Gasteiger partial charge < -0.3 is 9.64 Å². The summed E-state index contributed by atoms with van der Waals surface area (Å²) < 4.78 is 18.9. The summed E-state index contributed by atoms with van der Waals surface area (Å²) in [6, 6.07) is 12.4. The topological polar surface area (TPSA) is 29.5 Å². The Morgan fingerprint density at radius 3 is 2.65 bits per heavy atom. The zero-order valence-electron chi connectivity index (χ0n) is 13.1. The van der Waals surface area contributed by atoms with Crippen LogP contribution in [0.5, 0.6) is 5.75 Å². The molecule has 0 saturated carbocycles. The molecule has 2 aromatic rings. The van der Waals surface area contributed by atoms with Crippen LogP contribution in [0, 0.1) is 12.7 Å². The summed E-state index contributed by atoms with van der Waals surface area (Å²) in [5.74, 6) is 1.19. The van der Waals surface area contributed by atoms with Gasteiger partial charge in [-0.15, -0.1) is 11.8 Å². The van der Waals surface area contributed by atoms with Crippen LogP contribution in [0.4, 0.5) is 4.39 Å². The average molecular weight is 331 g/mol. The second kappa shape index (κ2) is 6.62. The lowest BCUT2D eigenvalue weighted by molar-refractivity contribution is 0.0760. The molecule has 1 fully saturated rings. The highest BCUT2D eigenvalue weighted by Crippen LogP contribution is 2.39. The van der Waals surface area contributed by atoms with E-state index >= 15 is 0 Å². The van der Waals surface area contributed by atoms with E-state index in [4.69, 9.17) is 4.74 Å². The minimum Gasteiger partial charge on any atom is -0.497 e. The summed E-state index contributed by atoms with van der Waals surface area (Å²) in [5.41, 5.74) is 1.99. The van der Waals surface area contributed by atoms with E-state index in [1.54, 1.807) is 42.8 Å². The third-order valence-electron chi connectivity index (χ3n) is 3.97. The number of amides is 1. The predicted molar refractivity (Wildman–Crippen MR) is 90.4 cm³/mol. The number of aryl methyl sites for hydroxylation is 1. The van der Waals surface area contributed by atoms with Crippen LogP contribution in [0.3, 0.4) is 0 Å². The molecule has 23 heavy (non-hydrogen) atoms. The molecule has 0 N–H and O–H groups in total. The maximum absolute atomic E-state index is 13.7. The van der Waals surface area contributed by atoms with E-state index in [1.165, 1.54) is 6.07 Å². The molecule has 1 saturated heterocycles. The third kappa shape index (κ3) is 3.20. The maximum atomic E-state index is 13.7. The highest BCUT2D eigenvalue weighted by atomic mass is 32.2. The van der Waals surface area contributed by atoms with Crippen LogP contribution < -0.4 is 4.74 Å². The molecule has 3 rings (SSSR count). The van der Waals surface area contributed by atoms with Crippen LogP contribution in [0.25, 0.3) is 0 Å². The van der Waals surface area contributed by atoms with Crippen molar-refractivity contribution in [2.24, 2.45) is 0 Å². The summed E-state index contributed by atoms with van der Waals surface area (Å²) in [6.45, 7) is 2.35. The summed E-state index contributed by atoms with van der Waals surface area (Å²) in [5, 5.41) is -0.0437. The number of carbonyl (C=O) groups is 1. The molecular weight excluding hydrogens is 313 g/mol. The van der Waals surface area contributed by atoms with Crippen LogP contribution in [0.1, 0.15) is 26.9 Å². The first-order valence-corrected chi connectivity index (χ1v) is 8.47. The van der Waals surface area contributed by atoms with Gasteiger partial charge in [0.25, 0.3) is 5.91 Å². The van der Waals surface area contributed by atoms with Crippen molar-refractivity contribution in [1.29, 1.82) is 0 Å². The molecule has 5 heteroatoms. The number of hydrogen-bond acceptors (Lipinski definition) is 3. The number of rotatable bonds is 3. The van der Waals surface area contributed by atoms with Crippen LogP contribution in [0.15, 0.2) is 42.5 Å². The molecule has 1 aliphatic heterocycles. The Labute approximate surface area is 139 Å². The molecule has 1 heterocycles. The van der Waals surface area contributed by atoms with Gasteiger partial charge in [0.2, 0.25) is 0 Å². The van der Waals surface area contributed by atoms with E-state index in [2.05, 4.69) is 0 Å². The van der Waals surface area contributed by atoms with Gasteiger partial charge in [-0.1, -0.05) is 18.2 Å². The summed E-state index contributed by atoms with van der Waals surface area (Å²) in [6.07, 6.45) is 0. The lowest BCUT2D eigenvalue weighted by atomic mass is 10.1. The van der Waals surface area contributed by atoms with Crippen molar-refractivity contribution >= 4 is 17.7 Å². The number of carbonyl (C=O) groups excluding carboxylic acids is 1. The van der Waals surface area contributed by atoms with E-state index in [1.807, 2.05) is 24.3 Å². The fourth-order valence-electron chi connectivity index (χ4n) is 2.61. The van der Waals surface area contributed by atoms with Crippen molar-refractivity contribution < 1.29 is 13.9 Å². The summed E-state index contributed by atoms with van der Waals surface area (Å²) in [4.78, 5) is 14.5. The zero-order chi connectivity index (χ0) is 16.4. The largest absolute Gasteiger partial charge is 0.497 e. The Hall–Kier alpha value is -2.01. The van der Waals surface area contributed by atoms with Crippen molar-refractivity contribution in [2.45, 2.75) is 12.3 Å². The Morgan fingerprint density at radius 2 is 2.00 bits per heavy atom. The van der Waals surface area contributed by atoms with Crippen molar-refractivity contribution in [3.8, 4) is 5.75 Å². The summed E-state index contributed by atoms with van der Waals surface area (Å²) >= 11 is 1.72. The molecule has 1 aliphatic rings. The van der Waals surface area contributed by atoms with Gasteiger partial charge >= 0.3 is 0 Å². The second-order valence-electron chi connectivity index (χ2n) is 5.46. The zero-order valence-corrected chi connectivity index (χ0v) is 13.9. The van der Waals surface area contributed by atoms with Gasteiger partial charge in [0.05, 0.1) is 7.11 Å². The molecule has 1 atom stereocenters. The Kier molecular flexibility index (Phi) is 4.57. The highest BCUT2D eigenvalue weighted by molar-refractivity contribution is 7.99. The van der Waals surface area contributed by atoms with Gasteiger partial charge in [-0.3, -0.25) is 4.79 Å². The summed E-state index contributed by atoms with van der Waals surface area (Å²) in [7, 11) is 1.63. The number of methoxy groups -OCH3 is 1. The van der Waals surface area contributed by atoms with E-state index in [0.29, 0.717) is 17.7 Å². The standard InChI is InChI=1S/C18H18FNO2S/c1-12-3-4-14(11-16(12)19)17(21)20-9-10-23-18(20)13-5-7-15(22-2)8-6-13/h3-8,11,18H,9-10H2,1-2H3. The first-order valence-electron chi connectivity index (χ1n) is 7.43. The lowest BCUT2D eigenvalue weighted by Gasteiger charge is -2.24. The number of thioether (sulfide) groups is 1. The fourth-order valence-corrected chi connectivity index (χ4v) is 3.87. The second-order valence-corrected chi connectivity index (χ2v) is 6.65. The normalized spacial score (nSPS) is 17.3. The van der Waals surface area contributed by atoms with Crippen LogP contribution in [-0.2, 0) is 0 Å². The number of halogens is 1. The Balaban J connectivity index is 1.85. The Bertz CT molecular complexity index is 717. The van der Waals surface area contributed by atoms with Crippen molar-refractivity contribution in [3.63, 3.8) is 0 Å². The molecule has 0 aromatic heterocycles. The molecule has 0 spiro atoms. The molecule has 2 aromatic carbocycles. The van der Waals surface area contributed by atoms with Crippen molar-refractivity contribution in [3.05, 3.63) is 65.0 Å². The molecule has 0 bridgehead atoms. The first-order chi connectivity index (χ1) is 11.1. The third-order valence-corrected chi connectivity index (χ3v) is 5.23. The van der Waals surface area contributed by atoms with Gasteiger partial charge in [-0.2, -0.15) is 0 Å². The van der Waals surface area contributed by atoms with Gasteiger partial charge in [0.1, 0.15) is 16.9 Å². The fraction of sp³-hybridized carbons (Fsp3) is 0.278. The number of benzene rings is 2. The van der Waals surface area contributed by atoms with Gasteiger partial charge in [-0.05, 0) is 42.3 Å². The van der Waals surface area contributed by atoms with Crippen LogP contribution in [-0.4, -0.2) is 30.2 Å². The maximum Gasteiger partial charge on any atom is 0.255 e. The molecule has 3 nitrogen and oxygen atoms in total. The van der Waals surface area contributed by atoms with Gasteiger partial charge in [-0.25, -0.2) is 4.39 Å². The minimum atomic E-state index is -0.344. The van der Waals surface area contributed by atoms with Crippen LogP contribution in [0.2, 0.25) is 0 Å². The number of ether oxygens (including phenoxy) is 1. The van der Waals surface area contributed by atoms with E-state index in [9.17, 15) is 9.18 Å². The molecule has 0 aliphatic carbocycles. The molecule has 1 amide bonds. The SMILES string of the molecule is COc1ccc(C2SCCN2C(=O)c2ccc(C)c(F)c2)cc1. The molecular formula is C18H18FNO2S. The monoisotopic (exact) mass is 331 g/mol. The molecule has 0 radical (unpaired) electrons. The molecule has 1 unspecified atom stereocenters. The van der Waals surface area contributed by atoms with E-state index < -0.39 is 0 Å². The quantitative estimate of drug-likeness (QED) is 0.850. The Morgan fingerprint density at radius 1 is 1.26 bits per heavy atom. The minimum absolute atomic E-state index is 0.0437. The van der Waals surface area contributed by atoms with Crippen LogP contribution >= 0.6 is 11.8 Å². The first kappa shape index (κ1) is 15.9. The highest BCUT2D eigenvalue weighted by Gasteiger charge is 2.31.